The molecule has 0 saturated carbocycles. The minimum atomic E-state index is -0.366. The lowest BCUT2D eigenvalue weighted by molar-refractivity contribution is 0.0594. The topological polar surface area (TPSA) is 39.2 Å². The molecule has 0 radical (unpaired) electrons. The fourth-order valence-electron chi connectivity index (χ4n) is 0.645. The smallest absolute Gasteiger partial charge is 0.357 e. The predicted molar refractivity (Wildman–Crippen MR) is 49.9 cm³/mol. The first kappa shape index (κ1) is 9.54. The van der Waals surface area contributed by atoms with Gasteiger partial charge in [0.1, 0.15) is 0 Å². The van der Waals surface area contributed by atoms with Crippen LogP contribution in [-0.2, 0) is 4.74 Å². The maximum Gasteiger partial charge on any atom is 0.357 e. The van der Waals surface area contributed by atoms with Crippen LogP contribution in [0, 0.1) is 0 Å². The van der Waals surface area contributed by atoms with Crippen LogP contribution in [0.3, 0.4) is 0 Å². The lowest BCUT2D eigenvalue weighted by atomic mass is 10.5. The molecule has 0 aliphatic carbocycles. The first-order valence-electron chi connectivity index (χ1n) is 3.44. The van der Waals surface area contributed by atoms with E-state index in [0.29, 0.717) is 5.69 Å². The van der Waals surface area contributed by atoms with Gasteiger partial charge in [0.2, 0.25) is 0 Å². The molecule has 1 aromatic heterocycles. The highest BCUT2D eigenvalue weighted by Gasteiger charge is 2.09. The van der Waals surface area contributed by atoms with E-state index in [0.717, 1.165) is 10.1 Å². The first-order valence-corrected chi connectivity index (χ1v) is 5.31. The first-order chi connectivity index (χ1) is 5.77. The van der Waals surface area contributed by atoms with Crippen LogP contribution in [0.25, 0.3) is 0 Å². The second-order valence-corrected chi connectivity index (χ2v) is 4.29. The molecule has 0 bridgehead atoms. The van der Waals surface area contributed by atoms with Crippen LogP contribution in [-0.4, -0.2) is 23.8 Å². The van der Waals surface area contributed by atoms with Gasteiger partial charge in [-0.1, -0.05) is 18.7 Å². The molecule has 0 atom stereocenters. The van der Waals surface area contributed by atoms with Crippen molar-refractivity contribution in [2.24, 2.45) is 0 Å². The van der Waals surface area contributed by atoms with E-state index in [1.54, 1.807) is 17.1 Å². The number of aromatic nitrogens is 1. The van der Waals surface area contributed by atoms with Gasteiger partial charge in [-0.25, -0.2) is 9.78 Å². The van der Waals surface area contributed by atoms with Crippen LogP contribution in [0.2, 0.25) is 0 Å². The highest BCUT2D eigenvalue weighted by atomic mass is 32.2. The van der Waals surface area contributed by atoms with Gasteiger partial charge in [-0.15, -0.1) is 11.3 Å². The third-order valence-electron chi connectivity index (χ3n) is 1.15. The number of esters is 1. The van der Waals surface area contributed by atoms with Crippen molar-refractivity contribution in [2.45, 2.75) is 11.3 Å². The Kier molecular flexibility index (Phi) is 3.55. The molecule has 0 unspecified atom stereocenters. The lowest BCUT2D eigenvalue weighted by Gasteiger charge is -1.91. The number of thiazole rings is 1. The van der Waals surface area contributed by atoms with Crippen LogP contribution < -0.4 is 0 Å². The molecule has 0 aliphatic heterocycles. The van der Waals surface area contributed by atoms with Crippen LogP contribution in [0.15, 0.2) is 9.72 Å². The Hall–Kier alpha value is -0.550. The normalized spacial score (nSPS) is 9.83. The molecule has 5 heteroatoms. The molecular formula is C7H9NO2S2. The fraction of sp³-hybridized carbons (Fsp3) is 0.429. The van der Waals surface area contributed by atoms with E-state index in [1.807, 2.05) is 6.92 Å². The van der Waals surface area contributed by atoms with Crippen LogP contribution in [0.4, 0.5) is 0 Å². The molecule has 0 spiro atoms. The van der Waals surface area contributed by atoms with Gasteiger partial charge in [0.15, 0.2) is 10.0 Å². The van der Waals surface area contributed by atoms with E-state index in [2.05, 4.69) is 9.72 Å². The summed E-state index contributed by atoms with van der Waals surface area (Å²) in [5.74, 6) is 0.600. The SMILES string of the molecule is CCSc1nc(C(=O)OC)cs1. The summed E-state index contributed by atoms with van der Waals surface area (Å²) in [6, 6.07) is 0. The molecule has 0 aromatic carbocycles. The van der Waals surface area contributed by atoms with Gasteiger partial charge in [-0.2, -0.15) is 0 Å². The van der Waals surface area contributed by atoms with Crippen molar-refractivity contribution in [2.75, 3.05) is 12.9 Å². The number of nitrogens with zero attached hydrogens (tertiary/aromatic N) is 1. The maximum absolute atomic E-state index is 10.9. The summed E-state index contributed by atoms with van der Waals surface area (Å²) in [6.45, 7) is 2.05. The number of thioether (sulfide) groups is 1. The quantitative estimate of drug-likeness (QED) is 0.556. The van der Waals surface area contributed by atoms with Gasteiger partial charge in [-0.05, 0) is 5.75 Å². The number of hydrogen-bond donors (Lipinski definition) is 0. The number of methoxy groups -OCH3 is 1. The Morgan fingerprint density at radius 3 is 3.17 bits per heavy atom. The van der Waals surface area contributed by atoms with Crippen LogP contribution in [0.1, 0.15) is 17.4 Å². The fourth-order valence-corrected chi connectivity index (χ4v) is 2.34. The zero-order valence-corrected chi connectivity index (χ0v) is 8.50. The highest BCUT2D eigenvalue weighted by Crippen LogP contribution is 2.22. The zero-order valence-electron chi connectivity index (χ0n) is 6.86. The minimum Gasteiger partial charge on any atom is -0.464 e. The van der Waals surface area contributed by atoms with Crippen LogP contribution >= 0.6 is 23.1 Å². The third-order valence-corrected chi connectivity index (χ3v) is 3.05. The van der Waals surface area contributed by atoms with E-state index in [4.69, 9.17) is 0 Å². The van der Waals surface area contributed by atoms with Gasteiger partial charge in [0, 0.05) is 5.38 Å². The molecule has 0 amide bonds. The zero-order chi connectivity index (χ0) is 8.97. The monoisotopic (exact) mass is 203 g/mol. The minimum absolute atomic E-state index is 0.366. The Morgan fingerprint density at radius 2 is 2.58 bits per heavy atom. The van der Waals surface area contributed by atoms with E-state index in [-0.39, 0.29) is 5.97 Å². The highest BCUT2D eigenvalue weighted by molar-refractivity contribution is 8.00. The van der Waals surface area contributed by atoms with E-state index >= 15 is 0 Å². The molecule has 3 nitrogen and oxygen atoms in total. The molecule has 0 N–H and O–H groups in total. The second kappa shape index (κ2) is 4.47. The van der Waals surface area contributed by atoms with E-state index in [1.165, 1.54) is 18.4 Å². The van der Waals surface area contributed by atoms with Crippen molar-refractivity contribution in [1.29, 1.82) is 0 Å². The molecule has 1 rings (SSSR count). The van der Waals surface area contributed by atoms with Gasteiger partial charge < -0.3 is 4.74 Å². The second-order valence-electron chi connectivity index (χ2n) is 1.92. The van der Waals surface area contributed by atoms with Crippen molar-refractivity contribution in [3.63, 3.8) is 0 Å². The van der Waals surface area contributed by atoms with Crippen molar-refractivity contribution in [3.8, 4) is 0 Å². The van der Waals surface area contributed by atoms with Gasteiger partial charge >= 0.3 is 5.97 Å². The van der Waals surface area contributed by atoms with Gasteiger partial charge in [0.25, 0.3) is 0 Å². The molecule has 12 heavy (non-hydrogen) atoms. The van der Waals surface area contributed by atoms with Crippen molar-refractivity contribution >= 4 is 29.1 Å². The Bertz CT molecular complexity index is 272. The molecular weight excluding hydrogens is 194 g/mol. The molecule has 66 valence electrons. The molecule has 0 aliphatic rings. The Balaban J connectivity index is 2.70. The number of hydrogen-bond acceptors (Lipinski definition) is 5. The van der Waals surface area contributed by atoms with E-state index in [9.17, 15) is 4.79 Å². The summed E-state index contributed by atoms with van der Waals surface area (Å²) >= 11 is 3.09. The van der Waals surface area contributed by atoms with Gasteiger partial charge in [-0.3, -0.25) is 0 Å². The number of rotatable bonds is 3. The summed E-state index contributed by atoms with van der Waals surface area (Å²) in [6.07, 6.45) is 0. The van der Waals surface area contributed by atoms with Gasteiger partial charge in [0.05, 0.1) is 7.11 Å². The average Bonchev–Trinajstić information content (AvgIpc) is 2.52. The summed E-state index contributed by atoms with van der Waals surface area (Å²) in [5.41, 5.74) is 0.401. The number of ether oxygens (including phenoxy) is 1. The average molecular weight is 203 g/mol. The summed E-state index contributed by atoms with van der Waals surface area (Å²) in [7, 11) is 1.36. The Labute approximate surface area is 79.1 Å². The maximum atomic E-state index is 10.9. The predicted octanol–water partition coefficient (Wildman–Crippen LogP) is 2.04. The third kappa shape index (κ3) is 2.22. The molecule has 0 saturated heterocycles. The van der Waals surface area contributed by atoms with Crippen molar-refractivity contribution in [1.82, 2.24) is 4.98 Å². The molecule has 0 fully saturated rings. The lowest BCUT2D eigenvalue weighted by Crippen LogP contribution is -2.00. The van der Waals surface area contributed by atoms with Crippen molar-refractivity contribution < 1.29 is 9.53 Å². The number of carbonyl (C=O) groups is 1. The summed E-state index contributed by atoms with van der Waals surface area (Å²) in [4.78, 5) is 15.0. The molecule has 1 aromatic rings. The van der Waals surface area contributed by atoms with Crippen LogP contribution in [0.5, 0.6) is 0 Å². The number of carbonyl (C=O) groups excluding carboxylic acids is 1. The summed E-state index contributed by atoms with van der Waals surface area (Å²) in [5, 5.41) is 1.71. The largest absolute Gasteiger partial charge is 0.464 e. The summed E-state index contributed by atoms with van der Waals surface area (Å²) < 4.78 is 5.44. The molecule has 1 heterocycles. The Morgan fingerprint density at radius 1 is 1.83 bits per heavy atom. The standard InChI is InChI=1S/C7H9NO2S2/c1-3-11-7-8-5(4-12-7)6(9)10-2/h4H,3H2,1-2H3. The van der Waals surface area contributed by atoms with E-state index < -0.39 is 0 Å². The van der Waals surface area contributed by atoms with Crippen molar-refractivity contribution in [3.05, 3.63) is 11.1 Å².